The maximum atomic E-state index is 11.4. The van der Waals surface area contributed by atoms with Crippen LogP contribution in [0.4, 0.5) is 0 Å². The molecule has 0 amide bonds. The fourth-order valence-corrected chi connectivity index (χ4v) is 2.76. The summed E-state index contributed by atoms with van der Waals surface area (Å²) in [6.07, 6.45) is 0. The highest BCUT2D eigenvalue weighted by molar-refractivity contribution is 7.91. The van der Waals surface area contributed by atoms with Gasteiger partial charge in [0.2, 0.25) is 0 Å². The van der Waals surface area contributed by atoms with Crippen LogP contribution in [-0.4, -0.2) is 56.5 Å². The zero-order valence-electron chi connectivity index (χ0n) is 9.10. The highest BCUT2D eigenvalue weighted by Gasteiger charge is 2.28. The van der Waals surface area contributed by atoms with Crippen LogP contribution in [-0.2, 0) is 19.4 Å². The number of sulfone groups is 1. The van der Waals surface area contributed by atoms with Crippen molar-refractivity contribution in [3.05, 3.63) is 0 Å². The lowest BCUT2D eigenvalue weighted by molar-refractivity contribution is -0.148. The van der Waals surface area contributed by atoms with Crippen LogP contribution in [0.15, 0.2) is 0 Å². The summed E-state index contributed by atoms with van der Waals surface area (Å²) in [6, 6.07) is -0.347. The minimum atomic E-state index is -2.88. The first kappa shape index (κ1) is 12.4. The molecule has 0 aromatic carbocycles. The average molecular weight is 235 g/mol. The second-order valence-electron chi connectivity index (χ2n) is 3.62. The van der Waals surface area contributed by atoms with Crippen molar-refractivity contribution in [2.75, 3.05) is 31.2 Å². The van der Waals surface area contributed by atoms with Gasteiger partial charge in [-0.15, -0.1) is 0 Å². The van der Waals surface area contributed by atoms with Gasteiger partial charge in [-0.05, 0) is 13.8 Å². The minimum Gasteiger partial charge on any atom is -0.465 e. The van der Waals surface area contributed by atoms with Crippen molar-refractivity contribution < 1.29 is 17.9 Å². The van der Waals surface area contributed by atoms with E-state index >= 15 is 0 Å². The number of ether oxygens (including phenoxy) is 1. The van der Waals surface area contributed by atoms with Crippen LogP contribution in [0, 0.1) is 0 Å². The molecule has 15 heavy (non-hydrogen) atoms. The van der Waals surface area contributed by atoms with Crippen LogP contribution in [0.5, 0.6) is 0 Å². The molecule has 1 rings (SSSR count). The number of hydrogen-bond donors (Lipinski definition) is 0. The predicted octanol–water partition coefficient (Wildman–Crippen LogP) is -0.332. The molecule has 0 aliphatic carbocycles. The average Bonchev–Trinajstić information content (AvgIpc) is 2.17. The zero-order chi connectivity index (χ0) is 11.5. The van der Waals surface area contributed by atoms with Crippen molar-refractivity contribution >= 4 is 15.8 Å². The molecule has 6 heteroatoms. The molecule has 1 aliphatic rings. The van der Waals surface area contributed by atoms with Gasteiger partial charge in [-0.3, -0.25) is 9.69 Å². The number of carbonyl (C=O) groups is 1. The van der Waals surface area contributed by atoms with Crippen molar-refractivity contribution in [1.29, 1.82) is 0 Å². The van der Waals surface area contributed by atoms with E-state index < -0.39 is 9.84 Å². The van der Waals surface area contributed by atoms with Crippen molar-refractivity contribution in [3.63, 3.8) is 0 Å². The van der Waals surface area contributed by atoms with Gasteiger partial charge in [0.1, 0.15) is 6.04 Å². The highest BCUT2D eigenvalue weighted by atomic mass is 32.2. The van der Waals surface area contributed by atoms with E-state index in [0.29, 0.717) is 19.7 Å². The molecule has 0 bridgehead atoms. The molecule has 1 saturated heterocycles. The third-order valence-electron chi connectivity index (χ3n) is 2.55. The molecule has 0 aromatic rings. The summed E-state index contributed by atoms with van der Waals surface area (Å²) >= 11 is 0. The van der Waals surface area contributed by atoms with E-state index in [0.717, 1.165) is 0 Å². The van der Waals surface area contributed by atoms with Gasteiger partial charge >= 0.3 is 5.97 Å². The Hall–Kier alpha value is -0.620. The quantitative estimate of drug-likeness (QED) is 0.627. The Morgan fingerprint density at radius 3 is 2.40 bits per heavy atom. The van der Waals surface area contributed by atoms with Gasteiger partial charge in [0.15, 0.2) is 9.84 Å². The first-order valence-corrected chi connectivity index (χ1v) is 6.89. The van der Waals surface area contributed by atoms with E-state index in [1.807, 2.05) is 4.90 Å². The fraction of sp³-hybridized carbons (Fsp3) is 0.889. The smallest absolute Gasteiger partial charge is 0.323 e. The summed E-state index contributed by atoms with van der Waals surface area (Å²) in [4.78, 5) is 13.2. The molecule has 1 atom stereocenters. The monoisotopic (exact) mass is 235 g/mol. The fourth-order valence-electron chi connectivity index (χ4n) is 1.53. The first-order valence-electron chi connectivity index (χ1n) is 5.07. The Morgan fingerprint density at radius 1 is 1.40 bits per heavy atom. The number of carbonyl (C=O) groups excluding carboxylic acids is 1. The van der Waals surface area contributed by atoms with E-state index in [9.17, 15) is 13.2 Å². The Bertz CT molecular complexity index is 311. The number of hydrogen-bond acceptors (Lipinski definition) is 5. The molecule has 0 saturated carbocycles. The van der Waals surface area contributed by atoms with E-state index in [2.05, 4.69) is 0 Å². The zero-order valence-corrected chi connectivity index (χ0v) is 9.92. The SMILES string of the molecule is CCOC(=O)C(C)N1CCS(=O)(=O)CC1. The first-order chi connectivity index (χ1) is 6.96. The molecule has 0 spiro atoms. The van der Waals surface area contributed by atoms with Crippen molar-refractivity contribution in [1.82, 2.24) is 4.90 Å². The minimum absolute atomic E-state index is 0.136. The van der Waals surface area contributed by atoms with Crippen molar-refractivity contribution in [2.24, 2.45) is 0 Å². The van der Waals surface area contributed by atoms with Gasteiger partial charge in [0.05, 0.1) is 18.1 Å². The second kappa shape index (κ2) is 4.94. The standard InChI is InChI=1S/C9H17NO4S/c1-3-14-9(11)8(2)10-4-6-15(12,13)7-5-10/h8H,3-7H2,1-2H3. The van der Waals surface area contributed by atoms with Crippen LogP contribution in [0.3, 0.4) is 0 Å². The Balaban J connectivity index is 2.49. The normalized spacial score (nSPS) is 23.3. The lowest BCUT2D eigenvalue weighted by atomic mass is 10.3. The van der Waals surface area contributed by atoms with Gasteiger partial charge in [-0.2, -0.15) is 0 Å². The summed E-state index contributed by atoms with van der Waals surface area (Å²) in [5.41, 5.74) is 0. The van der Waals surface area contributed by atoms with E-state index in [1.54, 1.807) is 13.8 Å². The molecule has 1 fully saturated rings. The highest BCUT2D eigenvalue weighted by Crippen LogP contribution is 2.08. The van der Waals surface area contributed by atoms with Crippen LogP contribution in [0.25, 0.3) is 0 Å². The van der Waals surface area contributed by atoms with Gasteiger partial charge in [-0.25, -0.2) is 8.42 Å². The molecule has 1 unspecified atom stereocenters. The third-order valence-corrected chi connectivity index (χ3v) is 4.16. The molecular weight excluding hydrogens is 218 g/mol. The Kier molecular flexibility index (Phi) is 4.10. The van der Waals surface area contributed by atoms with E-state index in [4.69, 9.17) is 4.74 Å². The molecule has 1 heterocycles. The number of esters is 1. The third kappa shape index (κ3) is 3.46. The van der Waals surface area contributed by atoms with Crippen LogP contribution in [0.1, 0.15) is 13.8 Å². The van der Waals surface area contributed by atoms with Gasteiger partial charge in [-0.1, -0.05) is 0 Å². The Labute approximate surface area is 90.3 Å². The molecule has 1 aliphatic heterocycles. The molecule has 88 valence electrons. The van der Waals surface area contributed by atoms with E-state index in [1.165, 1.54) is 0 Å². The van der Waals surface area contributed by atoms with Gasteiger partial charge in [0, 0.05) is 13.1 Å². The maximum Gasteiger partial charge on any atom is 0.323 e. The summed E-state index contributed by atoms with van der Waals surface area (Å²) in [7, 11) is -2.88. The number of nitrogens with zero attached hydrogens (tertiary/aromatic N) is 1. The number of rotatable bonds is 3. The summed E-state index contributed by atoms with van der Waals surface area (Å²) in [6.45, 7) is 4.70. The predicted molar refractivity (Wildman–Crippen MR) is 56.3 cm³/mol. The van der Waals surface area contributed by atoms with E-state index in [-0.39, 0.29) is 23.5 Å². The molecule has 0 N–H and O–H groups in total. The van der Waals surface area contributed by atoms with Gasteiger partial charge < -0.3 is 4.74 Å². The van der Waals surface area contributed by atoms with Crippen LogP contribution < -0.4 is 0 Å². The second-order valence-corrected chi connectivity index (χ2v) is 5.92. The largest absolute Gasteiger partial charge is 0.465 e. The maximum absolute atomic E-state index is 11.4. The van der Waals surface area contributed by atoms with Crippen molar-refractivity contribution in [3.8, 4) is 0 Å². The summed E-state index contributed by atoms with van der Waals surface area (Å²) in [5, 5.41) is 0. The topological polar surface area (TPSA) is 63.7 Å². The van der Waals surface area contributed by atoms with Crippen LogP contribution >= 0.6 is 0 Å². The lowest BCUT2D eigenvalue weighted by Gasteiger charge is -2.30. The van der Waals surface area contributed by atoms with Crippen LogP contribution in [0.2, 0.25) is 0 Å². The summed E-state index contributed by atoms with van der Waals surface area (Å²) in [5.74, 6) is -0.00942. The van der Waals surface area contributed by atoms with Crippen molar-refractivity contribution in [2.45, 2.75) is 19.9 Å². The Morgan fingerprint density at radius 2 is 1.93 bits per heavy atom. The molecule has 5 nitrogen and oxygen atoms in total. The lowest BCUT2D eigenvalue weighted by Crippen LogP contribution is -2.48. The van der Waals surface area contributed by atoms with Gasteiger partial charge in [0.25, 0.3) is 0 Å². The molecule has 0 aromatic heterocycles. The molecule has 0 radical (unpaired) electrons. The molecular formula is C9H17NO4S. The summed E-state index contributed by atoms with van der Waals surface area (Å²) < 4.78 is 27.2.